The van der Waals surface area contributed by atoms with Crippen molar-refractivity contribution in [1.82, 2.24) is 0 Å². The van der Waals surface area contributed by atoms with Gasteiger partial charge in [0, 0.05) is 13.7 Å². The molecule has 0 radical (unpaired) electrons. The molecule has 0 aliphatic heterocycles. The lowest BCUT2D eigenvalue weighted by Crippen LogP contribution is -2.10. The molecule has 144 valence electrons. The number of ether oxygens (including phenoxy) is 2. The fraction of sp³-hybridized carbons (Fsp3) is 0.364. The molecule has 0 aromatic heterocycles. The lowest BCUT2D eigenvalue weighted by Gasteiger charge is -2.12. The summed E-state index contributed by atoms with van der Waals surface area (Å²) in [5, 5.41) is 0. The molecule has 0 aliphatic rings. The molecule has 1 unspecified atom stereocenters. The van der Waals surface area contributed by atoms with E-state index in [1.807, 2.05) is 31.8 Å². The first kappa shape index (κ1) is 25.9. The van der Waals surface area contributed by atoms with E-state index in [0.29, 0.717) is 6.61 Å². The zero-order valence-corrected chi connectivity index (χ0v) is 16.4. The number of carbonyl (C=O) groups is 2. The van der Waals surface area contributed by atoms with E-state index in [4.69, 9.17) is 19.1 Å². The van der Waals surface area contributed by atoms with Crippen LogP contribution in [0.1, 0.15) is 30.0 Å². The van der Waals surface area contributed by atoms with Crippen LogP contribution >= 0.6 is 0 Å². The van der Waals surface area contributed by atoms with Crippen molar-refractivity contribution in [3.05, 3.63) is 71.3 Å². The highest BCUT2D eigenvalue weighted by Gasteiger charge is 2.01. The average molecular weight is 360 g/mol. The molecule has 1 atom stereocenters. The molecule has 2 aromatic rings. The molecule has 0 heterocycles. The Kier molecular flexibility index (Phi) is 19.0. The average Bonchev–Trinajstić information content (AvgIpc) is 2.71. The molecular weight excluding hydrogens is 328 g/mol. The lowest BCUT2D eigenvalue weighted by molar-refractivity contribution is -0.0987. The van der Waals surface area contributed by atoms with Gasteiger partial charge in [0.25, 0.3) is 0 Å². The first-order valence-electron chi connectivity index (χ1n) is 8.37. The monoisotopic (exact) mass is 360 g/mol. The van der Waals surface area contributed by atoms with E-state index < -0.39 is 0 Å². The number of hydrogen-bond acceptors (Lipinski definition) is 4. The van der Waals surface area contributed by atoms with Crippen LogP contribution < -0.4 is 0 Å². The van der Waals surface area contributed by atoms with Crippen LogP contribution in [0.3, 0.4) is 0 Å². The second-order valence-corrected chi connectivity index (χ2v) is 5.54. The van der Waals surface area contributed by atoms with E-state index in [2.05, 4.69) is 57.2 Å². The van der Waals surface area contributed by atoms with Crippen LogP contribution in [0.2, 0.25) is 0 Å². The second kappa shape index (κ2) is 19.0. The van der Waals surface area contributed by atoms with E-state index in [1.165, 1.54) is 16.7 Å². The fourth-order valence-electron chi connectivity index (χ4n) is 1.82. The zero-order valence-electron chi connectivity index (χ0n) is 16.4. The summed E-state index contributed by atoms with van der Waals surface area (Å²) in [6.07, 6.45) is 1.21. The van der Waals surface area contributed by atoms with Crippen molar-refractivity contribution in [2.24, 2.45) is 0 Å². The highest BCUT2D eigenvalue weighted by atomic mass is 16.5. The Labute approximate surface area is 158 Å². The van der Waals surface area contributed by atoms with E-state index in [1.54, 1.807) is 7.11 Å². The number of carbonyl (C=O) groups excluding carboxylic acids is 2. The maximum atomic E-state index is 8.00. The van der Waals surface area contributed by atoms with Gasteiger partial charge >= 0.3 is 0 Å². The molecule has 2 aromatic carbocycles. The lowest BCUT2D eigenvalue weighted by atomic mass is 10.2. The van der Waals surface area contributed by atoms with Crippen LogP contribution in [0.25, 0.3) is 0 Å². The predicted molar refractivity (Wildman–Crippen MR) is 107 cm³/mol. The zero-order chi connectivity index (χ0) is 20.2. The van der Waals surface area contributed by atoms with Crippen molar-refractivity contribution in [2.45, 2.75) is 39.9 Å². The molecule has 0 bridgehead atoms. The summed E-state index contributed by atoms with van der Waals surface area (Å²) in [4.78, 5) is 16.0. The SMILES string of the molecule is C=O.C=O.COCCC(C)OCc1ccccc1.Cc1ccc(C)cc1. The Balaban J connectivity index is 0. The third-order valence-electron chi connectivity index (χ3n) is 3.32. The van der Waals surface area contributed by atoms with Crippen LogP contribution in [0.5, 0.6) is 0 Å². The van der Waals surface area contributed by atoms with Gasteiger partial charge in [0.05, 0.1) is 12.7 Å². The van der Waals surface area contributed by atoms with Crippen LogP contribution in [0.4, 0.5) is 0 Å². The fourth-order valence-corrected chi connectivity index (χ4v) is 1.82. The summed E-state index contributed by atoms with van der Waals surface area (Å²) in [6.45, 7) is 11.7. The number of benzene rings is 2. The van der Waals surface area contributed by atoms with Gasteiger partial charge < -0.3 is 19.1 Å². The summed E-state index contributed by atoms with van der Waals surface area (Å²) in [5.74, 6) is 0. The Morgan fingerprint density at radius 1 is 0.846 bits per heavy atom. The van der Waals surface area contributed by atoms with Gasteiger partial charge in [-0.1, -0.05) is 65.7 Å². The highest BCUT2D eigenvalue weighted by Crippen LogP contribution is 2.05. The maximum absolute atomic E-state index is 8.00. The van der Waals surface area contributed by atoms with Gasteiger partial charge in [-0.2, -0.15) is 0 Å². The number of aryl methyl sites for hydroxylation is 2. The van der Waals surface area contributed by atoms with Crippen molar-refractivity contribution in [3.63, 3.8) is 0 Å². The van der Waals surface area contributed by atoms with Crippen molar-refractivity contribution in [3.8, 4) is 0 Å². The van der Waals surface area contributed by atoms with E-state index in [0.717, 1.165) is 13.0 Å². The van der Waals surface area contributed by atoms with Gasteiger partial charge in [-0.05, 0) is 32.8 Å². The number of hydrogen-bond donors (Lipinski definition) is 0. The third kappa shape index (κ3) is 15.2. The molecule has 4 heteroatoms. The van der Waals surface area contributed by atoms with Crippen LogP contribution in [0.15, 0.2) is 54.6 Å². The van der Waals surface area contributed by atoms with Crippen molar-refractivity contribution in [1.29, 1.82) is 0 Å². The van der Waals surface area contributed by atoms with Crippen LogP contribution in [0, 0.1) is 13.8 Å². The molecular formula is C22H32O4. The van der Waals surface area contributed by atoms with Crippen molar-refractivity contribution < 1.29 is 19.1 Å². The summed E-state index contributed by atoms with van der Waals surface area (Å²) >= 11 is 0. The molecule has 2 rings (SSSR count). The minimum Gasteiger partial charge on any atom is -0.385 e. The van der Waals surface area contributed by atoms with Gasteiger partial charge in [0.1, 0.15) is 13.6 Å². The van der Waals surface area contributed by atoms with Crippen molar-refractivity contribution in [2.75, 3.05) is 13.7 Å². The van der Waals surface area contributed by atoms with E-state index in [9.17, 15) is 0 Å². The van der Waals surface area contributed by atoms with E-state index in [-0.39, 0.29) is 6.10 Å². The number of methoxy groups -OCH3 is 1. The van der Waals surface area contributed by atoms with Crippen LogP contribution in [-0.2, 0) is 25.7 Å². The first-order chi connectivity index (χ1) is 12.6. The van der Waals surface area contributed by atoms with Gasteiger partial charge in [-0.15, -0.1) is 0 Å². The molecule has 0 saturated heterocycles. The normalized spacial score (nSPS) is 10.0. The molecule has 0 spiro atoms. The summed E-state index contributed by atoms with van der Waals surface area (Å²) < 4.78 is 10.6. The smallest absolute Gasteiger partial charge is 0.106 e. The summed E-state index contributed by atoms with van der Waals surface area (Å²) in [6, 6.07) is 18.7. The molecule has 0 aliphatic carbocycles. The topological polar surface area (TPSA) is 52.6 Å². The van der Waals surface area contributed by atoms with Gasteiger partial charge in [0.15, 0.2) is 0 Å². The molecule has 26 heavy (non-hydrogen) atoms. The highest BCUT2D eigenvalue weighted by molar-refractivity contribution is 5.19. The Morgan fingerprint density at radius 3 is 1.73 bits per heavy atom. The first-order valence-corrected chi connectivity index (χ1v) is 8.37. The molecule has 0 fully saturated rings. The third-order valence-corrected chi connectivity index (χ3v) is 3.32. The Hall–Kier alpha value is -2.30. The molecule has 4 nitrogen and oxygen atoms in total. The second-order valence-electron chi connectivity index (χ2n) is 5.54. The molecule has 0 N–H and O–H groups in total. The minimum atomic E-state index is 0.259. The predicted octanol–water partition coefficient (Wildman–Crippen LogP) is 4.56. The minimum absolute atomic E-state index is 0.259. The standard InChI is InChI=1S/C12H18O2.C8H10.2CH2O/c1-11(8-9-13-2)14-10-12-6-4-3-5-7-12;1-7-3-5-8(2)6-4-7;2*1-2/h3-7,11H,8-10H2,1-2H3;3-6H,1-2H3;2*1H2. The summed E-state index contributed by atoms with van der Waals surface area (Å²) in [5.41, 5.74) is 3.88. The molecule has 0 amide bonds. The molecule has 0 saturated carbocycles. The van der Waals surface area contributed by atoms with Gasteiger partial charge in [-0.25, -0.2) is 0 Å². The summed E-state index contributed by atoms with van der Waals surface area (Å²) in [7, 11) is 1.71. The maximum Gasteiger partial charge on any atom is 0.106 e. The Bertz CT molecular complexity index is 503. The van der Waals surface area contributed by atoms with E-state index >= 15 is 0 Å². The van der Waals surface area contributed by atoms with Crippen molar-refractivity contribution >= 4 is 13.6 Å². The Morgan fingerprint density at radius 2 is 1.31 bits per heavy atom. The van der Waals surface area contributed by atoms with Gasteiger partial charge in [-0.3, -0.25) is 0 Å². The number of rotatable bonds is 6. The van der Waals surface area contributed by atoms with Gasteiger partial charge in [0.2, 0.25) is 0 Å². The quantitative estimate of drug-likeness (QED) is 0.758. The largest absolute Gasteiger partial charge is 0.385 e. The van der Waals surface area contributed by atoms with Crippen LogP contribution in [-0.4, -0.2) is 33.4 Å².